The molecule has 0 aromatic rings. The van der Waals surface area contributed by atoms with Crippen LogP contribution in [0.1, 0.15) is 65.7 Å². The van der Waals surface area contributed by atoms with Crippen molar-refractivity contribution in [1.29, 1.82) is 0 Å². The third kappa shape index (κ3) is 6.33. The van der Waals surface area contributed by atoms with E-state index >= 15 is 0 Å². The van der Waals surface area contributed by atoms with E-state index in [9.17, 15) is 8.78 Å². The first-order valence-electron chi connectivity index (χ1n) is 10.7. The Morgan fingerprint density at radius 3 is 2.25 bits per heavy atom. The number of rotatable bonds is 8. The lowest BCUT2D eigenvalue weighted by Crippen LogP contribution is -2.32. The molecule has 2 unspecified atom stereocenters. The molecule has 3 nitrogen and oxygen atoms in total. The van der Waals surface area contributed by atoms with Gasteiger partial charge in [-0.3, -0.25) is 0 Å². The maximum Gasteiger partial charge on any atom is 0.199 e. The molecule has 2 fully saturated rings. The molecule has 1 heterocycles. The normalized spacial score (nSPS) is 30.6. The van der Waals surface area contributed by atoms with Crippen LogP contribution in [0.25, 0.3) is 0 Å². The second-order valence-corrected chi connectivity index (χ2v) is 7.99. The molecule has 160 valence electrons. The van der Waals surface area contributed by atoms with Crippen LogP contribution in [0.2, 0.25) is 0 Å². The highest BCUT2D eigenvalue weighted by Gasteiger charge is 2.31. The van der Waals surface area contributed by atoms with Gasteiger partial charge in [-0.2, -0.15) is 8.78 Å². The first-order chi connectivity index (χ1) is 13.5. The van der Waals surface area contributed by atoms with Gasteiger partial charge in [0.1, 0.15) is 11.5 Å². The highest BCUT2D eigenvalue weighted by atomic mass is 19.2. The van der Waals surface area contributed by atoms with E-state index in [0.717, 1.165) is 25.9 Å². The van der Waals surface area contributed by atoms with Crippen molar-refractivity contribution in [3.8, 4) is 0 Å². The number of hydrogen-bond donors (Lipinski definition) is 0. The minimum absolute atomic E-state index is 0.0704. The highest BCUT2D eigenvalue weighted by Crippen LogP contribution is 2.38. The predicted octanol–water partition coefficient (Wildman–Crippen LogP) is 6.62. The molecule has 1 aliphatic heterocycles. The zero-order valence-corrected chi connectivity index (χ0v) is 17.8. The second-order valence-electron chi connectivity index (χ2n) is 7.99. The first-order valence-corrected chi connectivity index (χ1v) is 10.7. The van der Waals surface area contributed by atoms with Crippen LogP contribution >= 0.6 is 0 Å². The van der Waals surface area contributed by atoms with Crippen LogP contribution in [-0.4, -0.2) is 26.4 Å². The Hall–Kier alpha value is -1.36. The summed E-state index contributed by atoms with van der Waals surface area (Å²) in [6, 6.07) is 0. The molecule has 0 N–H and O–H groups in total. The second kappa shape index (κ2) is 11.6. The Balaban J connectivity index is 1.79. The van der Waals surface area contributed by atoms with Gasteiger partial charge in [0.05, 0.1) is 26.4 Å². The van der Waals surface area contributed by atoms with E-state index in [4.69, 9.17) is 14.2 Å². The van der Waals surface area contributed by atoms with Gasteiger partial charge in [0.15, 0.2) is 11.7 Å². The van der Waals surface area contributed by atoms with Crippen molar-refractivity contribution >= 4 is 0 Å². The van der Waals surface area contributed by atoms with Crippen molar-refractivity contribution in [3.05, 3.63) is 35.3 Å². The molecule has 0 spiro atoms. The molecule has 1 aliphatic carbocycles. The summed E-state index contributed by atoms with van der Waals surface area (Å²) in [6.07, 6.45) is 11.7. The number of methoxy groups -OCH3 is 1. The largest absolute Gasteiger partial charge is 0.498 e. The molecule has 2 aliphatic rings. The highest BCUT2D eigenvalue weighted by molar-refractivity contribution is 5.24. The molecule has 0 aromatic heterocycles. The lowest BCUT2D eigenvalue weighted by atomic mass is 9.74. The van der Waals surface area contributed by atoms with Crippen molar-refractivity contribution in [2.75, 3.05) is 20.3 Å². The Morgan fingerprint density at radius 2 is 1.71 bits per heavy atom. The predicted molar refractivity (Wildman–Crippen MR) is 108 cm³/mol. The summed E-state index contributed by atoms with van der Waals surface area (Å²) >= 11 is 0. The van der Waals surface area contributed by atoms with E-state index < -0.39 is 11.7 Å². The average molecular weight is 399 g/mol. The summed E-state index contributed by atoms with van der Waals surface area (Å²) in [5, 5.41) is 0. The van der Waals surface area contributed by atoms with Crippen molar-refractivity contribution in [2.24, 2.45) is 17.8 Å². The zero-order chi connectivity index (χ0) is 20.5. The maximum absolute atomic E-state index is 14.3. The molecule has 0 amide bonds. The quantitative estimate of drug-likeness (QED) is 0.261. The van der Waals surface area contributed by atoms with E-state index in [1.165, 1.54) is 33.3 Å². The Morgan fingerprint density at radius 1 is 1.04 bits per heavy atom. The smallest absolute Gasteiger partial charge is 0.199 e. The van der Waals surface area contributed by atoms with Crippen LogP contribution in [-0.2, 0) is 14.2 Å². The minimum atomic E-state index is -0.975. The third-order valence-electron chi connectivity index (χ3n) is 6.18. The van der Waals surface area contributed by atoms with Gasteiger partial charge < -0.3 is 14.2 Å². The number of hydrogen-bond acceptors (Lipinski definition) is 3. The SMILES string of the molecule is C/C=C/C1CCC(C2CCC(CO/C(CC)=C(F)/C(F)=C(\C)OC)CC2)CO1. The molecule has 1 saturated heterocycles. The van der Waals surface area contributed by atoms with Crippen LogP contribution in [0.5, 0.6) is 0 Å². The van der Waals surface area contributed by atoms with E-state index in [0.29, 0.717) is 30.8 Å². The minimum Gasteiger partial charge on any atom is -0.498 e. The molecule has 28 heavy (non-hydrogen) atoms. The summed E-state index contributed by atoms with van der Waals surface area (Å²) in [7, 11) is 1.32. The Bertz CT molecular complexity index is 566. The van der Waals surface area contributed by atoms with Gasteiger partial charge in [-0.15, -0.1) is 0 Å². The molecule has 0 bridgehead atoms. The van der Waals surface area contributed by atoms with Gasteiger partial charge >= 0.3 is 0 Å². The molecule has 2 atom stereocenters. The van der Waals surface area contributed by atoms with Crippen LogP contribution in [0.4, 0.5) is 8.78 Å². The standard InChI is InChI=1S/C23H36F2O3/c1-5-7-20-13-12-19(15-27-20)18-10-8-17(9-11-18)14-28-21(6-2)23(25)22(24)16(3)26-4/h5,7,17-20H,6,8-15H2,1-4H3/b7-5+,22-16-,23-21-. The lowest BCUT2D eigenvalue weighted by Gasteiger charge is -2.37. The van der Waals surface area contributed by atoms with Crippen molar-refractivity contribution in [3.63, 3.8) is 0 Å². The van der Waals surface area contributed by atoms with Gasteiger partial charge in [-0.05, 0) is 70.1 Å². The van der Waals surface area contributed by atoms with Crippen LogP contribution < -0.4 is 0 Å². The fraction of sp³-hybridized carbons (Fsp3) is 0.739. The molecule has 5 heteroatoms. The summed E-state index contributed by atoms with van der Waals surface area (Å²) in [5.41, 5.74) is 0. The van der Waals surface area contributed by atoms with E-state index in [-0.39, 0.29) is 17.6 Å². The van der Waals surface area contributed by atoms with Crippen LogP contribution in [0, 0.1) is 17.8 Å². The molecular weight excluding hydrogens is 362 g/mol. The summed E-state index contributed by atoms with van der Waals surface area (Å²) < 4.78 is 44.6. The fourth-order valence-corrected chi connectivity index (χ4v) is 4.26. The summed E-state index contributed by atoms with van der Waals surface area (Å²) in [5.74, 6) is -0.136. The average Bonchev–Trinajstić information content (AvgIpc) is 2.74. The first kappa shape index (κ1) is 22.9. The molecule has 1 saturated carbocycles. The third-order valence-corrected chi connectivity index (χ3v) is 6.18. The maximum atomic E-state index is 14.3. The van der Waals surface area contributed by atoms with E-state index in [1.54, 1.807) is 6.92 Å². The van der Waals surface area contributed by atoms with Gasteiger partial charge in [0.2, 0.25) is 0 Å². The number of ether oxygens (including phenoxy) is 3. The van der Waals surface area contributed by atoms with Crippen LogP contribution in [0.3, 0.4) is 0 Å². The number of halogens is 2. The van der Waals surface area contributed by atoms with E-state index in [2.05, 4.69) is 12.2 Å². The van der Waals surface area contributed by atoms with E-state index in [1.807, 2.05) is 6.92 Å². The molecule has 0 radical (unpaired) electrons. The van der Waals surface area contributed by atoms with Crippen molar-refractivity contribution < 1.29 is 23.0 Å². The van der Waals surface area contributed by atoms with Crippen LogP contribution in [0.15, 0.2) is 35.3 Å². The molecule has 0 aromatic carbocycles. The summed E-state index contributed by atoms with van der Waals surface area (Å²) in [6.45, 7) is 6.52. The fourth-order valence-electron chi connectivity index (χ4n) is 4.26. The number of allylic oxidation sites excluding steroid dienone is 5. The topological polar surface area (TPSA) is 27.7 Å². The Kier molecular flexibility index (Phi) is 9.49. The van der Waals surface area contributed by atoms with Gasteiger partial charge in [-0.25, -0.2) is 0 Å². The van der Waals surface area contributed by atoms with Gasteiger partial charge in [0, 0.05) is 6.42 Å². The lowest BCUT2D eigenvalue weighted by molar-refractivity contribution is -0.0188. The summed E-state index contributed by atoms with van der Waals surface area (Å²) in [4.78, 5) is 0. The zero-order valence-electron chi connectivity index (χ0n) is 17.8. The molecular formula is C23H36F2O3. The van der Waals surface area contributed by atoms with Gasteiger partial charge in [-0.1, -0.05) is 19.1 Å². The monoisotopic (exact) mass is 398 g/mol. The van der Waals surface area contributed by atoms with Gasteiger partial charge in [0.25, 0.3) is 0 Å². The molecule has 2 rings (SSSR count). The Labute approximate surface area is 168 Å². The van der Waals surface area contributed by atoms with Crippen molar-refractivity contribution in [2.45, 2.75) is 71.8 Å². The van der Waals surface area contributed by atoms with Crippen molar-refractivity contribution in [1.82, 2.24) is 0 Å².